The third-order valence-electron chi connectivity index (χ3n) is 5.75. The van der Waals surface area contributed by atoms with Crippen molar-refractivity contribution in [2.24, 2.45) is 0 Å². The van der Waals surface area contributed by atoms with E-state index in [1.807, 2.05) is 0 Å². The molecule has 1 amide bonds. The van der Waals surface area contributed by atoms with Gasteiger partial charge in [-0.1, -0.05) is 36.6 Å². The van der Waals surface area contributed by atoms with Crippen molar-refractivity contribution in [3.8, 4) is 0 Å². The number of benzene rings is 1. The third kappa shape index (κ3) is 5.11. The molecule has 1 aliphatic rings. The van der Waals surface area contributed by atoms with Crippen molar-refractivity contribution in [1.29, 1.82) is 0 Å². The molecule has 0 unspecified atom stereocenters. The van der Waals surface area contributed by atoms with Gasteiger partial charge in [0.2, 0.25) is 5.88 Å². The minimum atomic E-state index is -0.829. The quantitative estimate of drug-likeness (QED) is 0.438. The van der Waals surface area contributed by atoms with Crippen molar-refractivity contribution < 1.29 is 33.1 Å². The van der Waals surface area contributed by atoms with Crippen LogP contribution in [0.2, 0.25) is 5.02 Å². The summed E-state index contributed by atoms with van der Waals surface area (Å²) in [5.41, 5.74) is -0.153. The van der Waals surface area contributed by atoms with Crippen molar-refractivity contribution in [3.05, 3.63) is 51.7 Å². The number of hydrogen-bond donors (Lipinski definition) is 1. The van der Waals surface area contributed by atoms with E-state index in [4.69, 9.17) is 25.5 Å². The van der Waals surface area contributed by atoms with Crippen LogP contribution in [0.5, 0.6) is 0 Å². The van der Waals surface area contributed by atoms with Crippen molar-refractivity contribution in [2.45, 2.75) is 51.9 Å². The fourth-order valence-electron chi connectivity index (χ4n) is 4.24. The summed E-state index contributed by atoms with van der Waals surface area (Å²) in [6.45, 7) is 3.91. The Labute approximate surface area is 196 Å². The average molecular weight is 476 g/mol. The Bertz CT molecular complexity index is 1070. The van der Waals surface area contributed by atoms with Crippen LogP contribution in [0.4, 0.5) is 5.88 Å². The SMILES string of the molecule is CCOC(=O)c1c(NC(=O)COC(=O)C2(c3ccc(Cl)cc3)CCCC2)oc(C)c1C(C)=O. The first-order valence-corrected chi connectivity index (χ1v) is 11.1. The summed E-state index contributed by atoms with van der Waals surface area (Å²) in [6.07, 6.45) is 2.96. The number of halogens is 1. The van der Waals surface area contributed by atoms with Gasteiger partial charge in [-0.3, -0.25) is 19.7 Å². The maximum atomic E-state index is 13.0. The van der Waals surface area contributed by atoms with Gasteiger partial charge in [0.05, 0.1) is 17.6 Å². The van der Waals surface area contributed by atoms with Gasteiger partial charge in [0, 0.05) is 5.02 Å². The third-order valence-corrected chi connectivity index (χ3v) is 6.00. The van der Waals surface area contributed by atoms with Crippen LogP contribution in [0.1, 0.15) is 71.6 Å². The Morgan fingerprint density at radius 2 is 1.70 bits per heavy atom. The van der Waals surface area contributed by atoms with Crippen molar-refractivity contribution in [2.75, 3.05) is 18.5 Å². The molecule has 0 spiro atoms. The first kappa shape index (κ1) is 24.5. The van der Waals surface area contributed by atoms with E-state index >= 15 is 0 Å². The predicted octanol–water partition coefficient (Wildman–Crippen LogP) is 4.61. The molecule has 1 aliphatic carbocycles. The van der Waals surface area contributed by atoms with Gasteiger partial charge >= 0.3 is 11.9 Å². The number of carbonyl (C=O) groups is 4. The van der Waals surface area contributed by atoms with Gasteiger partial charge in [-0.15, -0.1) is 0 Å². The number of rotatable bonds is 8. The number of ketones is 1. The lowest BCUT2D eigenvalue weighted by molar-refractivity contribution is -0.153. The van der Waals surface area contributed by atoms with Crippen LogP contribution in [-0.4, -0.2) is 36.8 Å². The first-order valence-electron chi connectivity index (χ1n) is 10.7. The van der Waals surface area contributed by atoms with E-state index in [-0.39, 0.29) is 29.4 Å². The molecule has 0 atom stereocenters. The summed E-state index contributed by atoms with van der Waals surface area (Å²) in [5.74, 6) is -2.45. The minimum absolute atomic E-state index is 0.0355. The molecule has 1 heterocycles. The zero-order valence-electron chi connectivity index (χ0n) is 18.8. The van der Waals surface area contributed by atoms with Gasteiger partial charge in [-0.05, 0) is 51.3 Å². The molecule has 1 aromatic heterocycles. The molecule has 3 rings (SSSR count). The van der Waals surface area contributed by atoms with E-state index < -0.39 is 35.7 Å². The smallest absolute Gasteiger partial charge is 0.344 e. The molecule has 0 aliphatic heterocycles. The summed E-state index contributed by atoms with van der Waals surface area (Å²) in [6, 6.07) is 7.05. The molecule has 1 aromatic carbocycles. The highest BCUT2D eigenvalue weighted by Gasteiger charge is 2.44. The number of ether oxygens (including phenoxy) is 2. The summed E-state index contributed by atoms with van der Waals surface area (Å²) >= 11 is 5.98. The Balaban J connectivity index is 1.74. The molecule has 33 heavy (non-hydrogen) atoms. The number of amides is 1. The normalized spacial score (nSPS) is 14.5. The summed E-state index contributed by atoms with van der Waals surface area (Å²) < 4.78 is 15.8. The Morgan fingerprint density at radius 3 is 2.27 bits per heavy atom. The Morgan fingerprint density at radius 1 is 1.06 bits per heavy atom. The van der Waals surface area contributed by atoms with Gasteiger partial charge in [0.25, 0.3) is 5.91 Å². The molecule has 1 N–H and O–H groups in total. The summed E-state index contributed by atoms with van der Waals surface area (Å²) in [5, 5.41) is 2.98. The fraction of sp³-hybridized carbons (Fsp3) is 0.417. The molecular weight excluding hydrogens is 450 g/mol. The molecule has 1 fully saturated rings. The lowest BCUT2D eigenvalue weighted by Gasteiger charge is -2.27. The van der Waals surface area contributed by atoms with E-state index in [0.29, 0.717) is 17.9 Å². The van der Waals surface area contributed by atoms with Crippen molar-refractivity contribution >= 4 is 41.1 Å². The minimum Gasteiger partial charge on any atom is -0.462 e. The average Bonchev–Trinajstić information content (AvgIpc) is 3.38. The second kappa shape index (κ2) is 10.2. The summed E-state index contributed by atoms with van der Waals surface area (Å²) in [4.78, 5) is 49.9. The lowest BCUT2D eigenvalue weighted by atomic mass is 9.79. The van der Waals surface area contributed by atoms with Crippen LogP contribution in [0.15, 0.2) is 28.7 Å². The maximum Gasteiger partial charge on any atom is 0.344 e. The monoisotopic (exact) mass is 475 g/mol. The van der Waals surface area contributed by atoms with Gasteiger partial charge < -0.3 is 13.9 Å². The Kier molecular flexibility index (Phi) is 7.58. The number of hydrogen-bond acceptors (Lipinski definition) is 7. The largest absolute Gasteiger partial charge is 0.462 e. The number of carbonyl (C=O) groups excluding carboxylic acids is 4. The molecule has 2 aromatic rings. The standard InChI is InChI=1S/C24H26ClNO7/c1-4-31-22(29)20-19(14(2)27)15(3)33-21(20)26-18(28)13-32-23(30)24(11-5-6-12-24)16-7-9-17(25)10-8-16/h7-10H,4-6,11-13H2,1-3H3,(H,26,28). The molecule has 9 heteroatoms. The van der Waals surface area contributed by atoms with Gasteiger partial charge in [-0.2, -0.15) is 0 Å². The molecule has 0 radical (unpaired) electrons. The number of furan rings is 1. The number of Topliss-reactive ketones (excluding diaryl/α,β-unsaturated/α-hetero) is 1. The molecule has 1 saturated carbocycles. The molecule has 176 valence electrons. The highest BCUT2D eigenvalue weighted by molar-refractivity contribution is 6.30. The topological polar surface area (TPSA) is 112 Å². The van der Waals surface area contributed by atoms with Crippen LogP contribution >= 0.6 is 11.6 Å². The highest BCUT2D eigenvalue weighted by Crippen LogP contribution is 2.42. The zero-order valence-corrected chi connectivity index (χ0v) is 19.5. The van der Waals surface area contributed by atoms with Gasteiger partial charge in [0.15, 0.2) is 12.4 Å². The number of aryl methyl sites for hydroxylation is 1. The second-order valence-electron chi connectivity index (χ2n) is 7.93. The summed E-state index contributed by atoms with van der Waals surface area (Å²) in [7, 11) is 0. The fourth-order valence-corrected chi connectivity index (χ4v) is 4.37. The maximum absolute atomic E-state index is 13.0. The van der Waals surface area contributed by atoms with E-state index in [1.54, 1.807) is 31.2 Å². The van der Waals surface area contributed by atoms with Crippen LogP contribution in [0, 0.1) is 6.92 Å². The van der Waals surface area contributed by atoms with Crippen LogP contribution in [0.3, 0.4) is 0 Å². The number of anilines is 1. The van der Waals surface area contributed by atoms with E-state index in [0.717, 1.165) is 18.4 Å². The molecule has 8 nitrogen and oxygen atoms in total. The van der Waals surface area contributed by atoms with Crippen molar-refractivity contribution in [1.82, 2.24) is 0 Å². The first-order chi connectivity index (χ1) is 15.7. The lowest BCUT2D eigenvalue weighted by Crippen LogP contribution is -2.36. The van der Waals surface area contributed by atoms with Gasteiger partial charge in [-0.25, -0.2) is 4.79 Å². The highest BCUT2D eigenvalue weighted by atomic mass is 35.5. The van der Waals surface area contributed by atoms with Crippen LogP contribution < -0.4 is 5.32 Å². The van der Waals surface area contributed by atoms with E-state index in [2.05, 4.69) is 5.32 Å². The van der Waals surface area contributed by atoms with E-state index in [9.17, 15) is 19.2 Å². The zero-order chi connectivity index (χ0) is 24.2. The molecular formula is C24H26ClNO7. The van der Waals surface area contributed by atoms with Crippen molar-refractivity contribution in [3.63, 3.8) is 0 Å². The van der Waals surface area contributed by atoms with Crippen LogP contribution in [-0.2, 0) is 24.5 Å². The number of nitrogens with one attached hydrogen (secondary N) is 1. The molecule has 0 bridgehead atoms. The van der Waals surface area contributed by atoms with Gasteiger partial charge in [0.1, 0.15) is 11.3 Å². The second-order valence-corrected chi connectivity index (χ2v) is 8.37. The number of esters is 2. The van der Waals surface area contributed by atoms with Crippen LogP contribution in [0.25, 0.3) is 0 Å². The molecule has 0 saturated heterocycles. The Hall–Kier alpha value is -3.13. The van der Waals surface area contributed by atoms with E-state index in [1.165, 1.54) is 13.8 Å². The predicted molar refractivity (Wildman–Crippen MR) is 121 cm³/mol.